The van der Waals surface area contributed by atoms with Crippen molar-refractivity contribution in [1.29, 1.82) is 0 Å². The molecule has 0 unspecified atom stereocenters. The molecule has 3 saturated heterocycles. The number of anilines is 2. The van der Waals surface area contributed by atoms with E-state index < -0.39 is 31.4 Å². The Morgan fingerprint density at radius 1 is 1.09 bits per heavy atom. The zero-order valence-corrected chi connectivity index (χ0v) is 33.6. The molecule has 8 nitrogen and oxygen atoms in total. The van der Waals surface area contributed by atoms with E-state index in [0.29, 0.717) is 69.4 Å². The molecule has 5 heterocycles. The van der Waals surface area contributed by atoms with Crippen LogP contribution in [0.15, 0.2) is 30.5 Å². The van der Waals surface area contributed by atoms with Gasteiger partial charge in [0.2, 0.25) is 5.91 Å². The molecule has 12 heteroatoms. The monoisotopic (exact) mass is 756 g/mol. The van der Waals surface area contributed by atoms with Crippen LogP contribution in [-0.2, 0) is 4.79 Å². The van der Waals surface area contributed by atoms with Gasteiger partial charge < -0.3 is 15.0 Å². The van der Waals surface area contributed by atoms with Crippen molar-refractivity contribution in [2.24, 2.45) is 0 Å². The fourth-order valence-electron chi connectivity index (χ4n) is 9.60. The summed E-state index contributed by atoms with van der Waals surface area (Å²) in [6.07, 6.45) is 3.73. The minimum absolute atomic E-state index is 0.00324. The number of carbonyl (C=O) groups excluding carboxylic acids is 1. The van der Waals surface area contributed by atoms with Crippen LogP contribution >= 0.6 is 0 Å². The zero-order valence-electron chi connectivity index (χ0n) is 32.6. The Kier molecular flexibility index (Phi) is 10.2. The van der Waals surface area contributed by atoms with Crippen LogP contribution < -0.4 is 15.0 Å². The Morgan fingerprint density at radius 2 is 1.83 bits per heavy atom. The standard InChI is InChI=1S/C42H51F3N6O2Si/c1-24(2)54(25(3)4,26(5)6)17-13-32-35(44)11-10-29-18-31(47-28(8)52)19-33(36(29)32)38-37(45)39-34(40(48-38)51-16-12-27(51)7)21-46-41(49-39)53-23-42-14-9-15-50(42)22-30(43)20-42/h10-11,18-19,21,24-27,30H,9,12,14-16,20,22-23H2,1-8H3,(H,47,52)/t27-,30+,42-/m0/s1. The average molecular weight is 757 g/mol. The highest BCUT2D eigenvalue weighted by molar-refractivity contribution is 6.90. The normalized spacial score (nSPS) is 21.6. The van der Waals surface area contributed by atoms with Gasteiger partial charge in [-0.2, -0.15) is 4.98 Å². The van der Waals surface area contributed by atoms with E-state index in [2.05, 4.69) is 85.0 Å². The molecule has 2 aromatic heterocycles. The number of rotatable bonds is 9. The molecular formula is C42H51F3N6O2Si. The summed E-state index contributed by atoms with van der Waals surface area (Å²) in [5, 5.41) is 4.27. The Bertz CT molecular complexity index is 2160. The molecule has 2 aromatic carbocycles. The minimum Gasteiger partial charge on any atom is -0.461 e. The summed E-state index contributed by atoms with van der Waals surface area (Å²) in [7, 11) is -2.30. The number of carbonyl (C=O) groups is 1. The molecule has 0 spiro atoms. The highest BCUT2D eigenvalue weighted by Gasteiger charge is 2.49. The first-order valence-corrected chi connectivity index (χ1v) is 21.6. The molecule has 54 heavy (non-hydrogen) atoms. The number of hydrogen-bond donors (Lipinski definition) is 1. The minimum atomic E-state index is -2.30. The third-order valence-electron chi connectivity index (χ3n) is 12.4. The maximum atomic E-state index is 17.4. The van der Waals surface area contributed by atoms with Gasteiger partial charge in [0.15, 0.2) is 5.82 Å². The van der Waals surface area contributed by atoms with E-state index in [0.717, 1.165) is 25.8 Å². The van der Waals surface area contributed by atoms with Gasteiger partial charge >= 0.3 is 6.01 Å². The second-order valence-electron chi connectivity index (χ2n) is 16.6. The molecule has 7 rings (SSSR count). The second kappa shape index (κ2) is 14.5. The first-order chi connectivity index (χ1) is 25.6. The third-order valence-corrected chi connectivity index (χ3v) is 18.7. The molecular weight excluding hydrogens is 706 g/mol. The maximum Gasteiger partial charge on any atom is 0.317 e. The number of nitrogens with zero attached hydrogens (tertiary/aromatic N) is 5. The van der Waals surface area contributed by atoms with Crippen molar-refractivity contribution in [2.75, 3.05) is 36.5 Å². The molecule has 0 aliphatic carbocycles. The van der Waals surface area contributed by atoms with Crippen molar-refractivity contribution in [3.8, 4) is 28.7 Å². The van der Waals surface area contributed by atoms with Gasteiger partial charge in [-0.15, -0.1) is 5.54 Å². The number of nitrogens with one attached hydrogen (secondary N) is 1. The molecule has 3 aliphatic rings. The summed E-state index contributed by atoms with van der Waals surface area (Å²) >= 11 is 0. The lowest BCUT2D eigenvalue weighted by Gasteiger charge is -2.40. The average Bonchev–Trinajstić information content (AvgIpc) is 3.63. The van der Waals surface area contributed by atoms with Gasteiger partial charge in [-0.3, -0.25) is 9.69 Å². The molecule has 0 saturated carbocycles. The fraction of sp³-hybridized carbons (Fsp3) is 0.524. The number of hydrogen-bond acceptors (Lipinski definition) is 7. The van der Waals surface area contributed by atoms with Crippen LogP contribution in [0.3, 0.4) is 0 Å². The second-order valence-corrected chi connectivity index (χ2v) is 22.2. The van der Waals surface area contributed by atoms with Gasteiger partial charge in [-0.25, -0.2) is 23.1 Å². The quantitative estimate of drug-likeness (QED) is 0.135. The van der Waals surface area contributed by atoms with E-state index in [1.165, 1.54) is 13.0 Å². The van der Waals surface area contributed by atoms with E-state index in [1.807, 2.05) is 0 Å². The van der Waals surface area contributed by atoms with E-state index >= 15 is 8.78 Å². The van der Waals surface area contributed by atoms with Crippen LogP contribution in [0, 0.1) is 23.1 Å². The summed E-state index contributed by atoms with van der Waals surface area (Å²) < 4.78 is 54.2. The van der Waals surface area contributed by atoms with Gasteiger partial charge in [0.25, 0.3) is 0 Å². The highest BCUT2D eigenvalue weighted by atomic mass is 28.3. The fourth-order valence-corrected chi connectivity index (χ4v) is 14.8. The molecule has 3 atom stereocenters. The predicted octanol–water partition coefficient (Wildman–Crippen LogP) is 9.20. The van der Waals surface area contributed by atoms with Gasteiger partial charge in [0.1, 0.15) is 43.7 Å². The number of ether oxygens (including phenoxy) is 1. The molecule has 1 N–H and O–H groups in total. The molecule has 0 bridgehead atoms. The number of aromatic nitrogens is 3. The first-order valence-electron chi connectivity index (χ1n) is 19.4. The number of alkyl halides is 1. The summed E-state index contributed by atoms with van der Waals surface area (Å²) in [6, 6.07) is 6.55. The summed E-state index contributed by atoms with van der Waals surface area (Å²) in [6.45, 7) is 18.8. The van der Waals surface area contributed by atoms with Gasteiger partial charge in [0.05, 0.1) is 16.5 Å². The largest absolute Gasteiger partial charge is 0.461 e. The lowest BCUT2D eigenvalue weighted by atomic mass is 9.95. The molecule has 3 fully saturated rings. The lowest BCUT2D eigenvalue weighted by Crippen LogP contribution is -2.46. The zero-order chi connectivity index (χ0) is 38.7. The topological polar surface area (TPSA) is 83.5 Å². The van der Waals surface area contributed by atoms with Crippen LogP contribution in [-0.4, -0.2) is 77.8 Å². The first kappa shape index (κ1) is 38.1. The third kappa shape index (κ3) is 6.51. The van der Waals surface area contributed by atoms with Crippen LogP contribution in [0.1, 0.15) is 86.6 Å². The van der Waals surface area contributed by atoms with Gasteiger partial charge in [-0.05, 0) is 72.9 Å². The van der Waals surface area contributed by atoms with E-state index in [1.54, 1.807) is 24.4 Å². The Labute approximate surface area is 317 Å². The van der Waals surface area contributed by atoms with Gasteiger partial charge in [0, 0.05) is 55.3 Å². The molecule has 0 radical (unpaired) electrons. The smallest absolute Gasteiger partial charge is 0.317 e. The maximum absolute atomic E-state index is 17.4. The Hall–Kier alpha value is -4.21. The van der Waals surface area contributed by atoms with Crippen molar-refractivity contribution in [2.45, 2.75) is 115 Å². The predicted molar refractivity (Wildman–Crippen MR) is 212 cm³/mol. The number of amides is 1. The number of fused-ring (bicyclic) bond motifs is 3. The van der Waals surface area contributed by atoms with Crippen LogP contribution in [0.5, 0.6) is 6.01 Å². The SMILES string of the molecule is CC(=O)Nc1cc(-c2nc(N3CC[C@@H]3C)c3cnc(OC[C@@]45CCCN4C[C@H](F)C5)nc3c2F)c2c(C#C[Si](C(C)C)(C(C)C)C(C)C)c(F)ccc2c1. The van der Waals surface area contributed by atoms with Crippen LogP contribution in [0.4, 0.5) is 24.7 Å². The van der Waals surface area contributed by atoms with Crippen molar-refractivity contribution >= 4 is 47.2 Å². The van der Waals surface area contributed by atoms with E-state index in [9.17, 15) is 9.18 Å². The van der Waals surface area contributed by atoms with Crippen LogP contribution in [0.2, 0.25) is 16.6 Å². The van der Waals surface area contributed by atoms with Crippen molar-refractivity contribution in [3.63, 3.8) is 0 Å². The molecule has 3 aliphatic heterocycles. The molecule has 286 valence electrons. The van der Waals surface area contributed by atoms with Crippen LogP contribution in [0.25, 0.3) is 32.9 Å². The highest BCUT2D eigenvalue weighted by Crippen LogP contribution is 2.44. The van der Waals surface area contributed by atoms with E-state index in [-0.39, 0.29) is 41.3 Å². The number of pyridine rings is 1. The lowest BCUT2D eigenvalue weighted by molar-refractivity contribution is -0.114. The number of benzene rings is 2. The summed E-state index contributed by atoms with van der Waals surface area (Å²) in [5.74, 6) is 2.29. The molecule has 4 aromatic rings. The Balaban J connectivity index is 1.45. The molecule has 1 amide bonds. The van der Waals surface area contributed by atoms with Crippen molar-refractivity contribution in [1.82, 2.24) is 19.9 Å². The van der Waals surface area contributed by atoms with E-state index in [4.69, 9.17) is 9.72 Å². The number of halogens is 3. The summed E-state index contributed by atoms with van der Waals surface area (Å²) in [4.78, 5) is 30.7. The van der Waals surface area contributed by atoms with Crippen molar-refractivity contribution in [3.05, 3.63) is 47.7 Å². The Morgan fingerprint density at radius 3 is 2.48 bits per heavy atom. The summed E-state index contributed by atoms with van der Waals surface area (Å²) in [5.41, 5.74) is 5.03. The van der Waals surface area contributed by atoms with Gasteiger partial charge in [-0.1, -0.05) is 53.5 Å². The van der Waals surface area contributed by atoms with Crippen molar-refractivity contribution < 1.29 is 22.7 Å².